The van der Waals surface area contributed by atoms with Gasteiger partial charge in [-0.15, -0.1) is 6.58 Å². The summed E-state index contributed by atoms with van der Waals surface area (Å²) >= 11 is 0. The molecule has 0 unspecified atom stereocenters. The lowest BCUT2D eigenvalue weighted by atomic mass is 10.0. The van der Waals surface area contributed by atoms with Crippen molar-refractivity contribution >= 4 is 5.96 Å². The Kier molecular flexibility index (Phi) is 5.50. The molecule has 0 saturated heterocycles. The molecule has 3 nitrogen and oxygen atoms in total. The van der Waals surface area contributed by atoms with Gasteiger partial charge in [0.1, 0.15) is 0 Å². The van der Waals surface area contributed by atoms with E-state index < -0.39 is 0 Å². The summed E-state index contributed by atoms with van der Waals surface area (Å²) in [6, 6.07) is 0. The zero-order valence-electron chi connectivity index (χ0n) is 13.3. The molecule has 20 heavy (non-hydrogen) atoms. The van der Waals surface area contributed by atoms with Crippen molar-refractivity contribution in [1.82, 2.24) is 10.2 Å². The Balaban J connectivity index is 1.64. The van der Waals surface area contributed by atoms with Crippen molar-refractivity contribution in [2.45, 2.75) is 51.4 Å². The van der Waals surface area contributed by atoms with Crippen LogP contribution in [0.3, 0.4) is 0 Å². The number of aliphatic imine (C=N–C) groups is 1. The highest BCUT2D eigenvalue weighted by molar-refractivity contribution is 5.79. The molecule has 114 valence electrons. The van der Waals surface area contributed by atoms with Crippen LogP contribution < -0.4 is 5.32 Å². The molecule has 0 aromatic rings. The first kappa shape index (κ1) is 15.4. The second-order valence-corrected chi connectivity index (χ2v) is 6.60. The normalized spacial score (nSPS) is 20.6. The van der Waals surface area contributed by atoms with E-state index >= 15 is 0 Å². The summed E-state index contributed by atoms with van der Waals surface area (Å²) in [7, 11) is 4.05. The highest BCUT2D eigenvalue weighted by atomic mass is 15.3. The quantitative estimate of drug-likeness (QED) is 0.303. The monoisotopic (exact) mass is 277 g/mol. The van der Waals surface area contributed by atoms with Gasteiger partial charge < -0.3 is 10.2 Å². The van der Waals surface area contributed by atoms with Crippen LogP contribution in [-0.2, 0) is 0 Å². The molecule has 0 amide bonds. The van der Waals surface area contributed by atoms with Crippen LogP contribution in [-0.4, -0.2) is 38.0 Å². The van der Waals surface area contributed by atoms with Crippen LogP contribution in [0.5, 0.6) is 0 Å². The zero-order valence-corrected chi connectivity index (χ0v) is 13.3. The van der Waals surface area contributed by atoms with Gasteiger partial charge in [0.25, 0.3) is 0 Å². The van der Waals surface area contributed by atoms with Crippen LogP contribution in [0.2, 0.25) is 0 Å². The van der Waals surface area contributed by atoms with Crippen molar-refractivity contribution in [2.24, 2.45) is 16.3 Å². The maximum absolute atomic E-state index is 4.43. The standard InChI is InChI=1S/C17H31N3/c1-4-5-6-7-8-13-20(3)16(18-2)19-14-17(11-12-17)15-9-10-15/h4,15H,1,5-14H2,2-3H3,(H,18,19). The third kappa shape index (κ3) is 4.26. The lowest BCUT2D eigenvalue weighted by molar-refractivity contribution is 0.406. The molecular formula is C17H31N3. The SMILES string of the molecule is C=CCCCCCN(C)C(=NC)NCC1(C2CC2)CC1. The van der Waals surface area contributed by atoms with E-state index in [1.807, 2.05) is 13.1 Å². The number of hydrogen-bond acceptors (Lipinski definition) is 1. The van der Waals surface area contributed by atoms with Gasteiger partial charge in [-0.2, -0.15) is 0 Å². The Hall–Kier alpha value is -0.990. The number of hydrogen-bond donors (Lipinski definition) is 1. The van der Waals surface area contributed by atoms with Gasteiger partial charge in [0.05, 0.1) is 0 Å². The van der Waals surface area contributed by atoms with Crippen LogP contribution >= 0.6 is 0 Å². The van der Waals surface area contributed by atoms with E-state index in [1.54, 1.807) is 0 Å². The molecule has 0 atom stereocenters. The molecule has 2 fully saturated rings. The first-order valence-corrected chi connectivity index (χ1v) is 8.24. The van der Waals surface area contributed by atoms with Gasteiger partial charge in [0.2, 0.25) is 0 Å². The topological polar surface area (TPSA) is 27.6 Å². The number of nitrogens with zero attached hydrogens (tertiary/aromatic N) is 2. The van der Waals surface area contributed by atoms with E-state index in [0.717, 1.165) is 31.4 Å². The minimum Gasteiger partial charge on any atom is -0.356 e. The summed E-state index contributed by atoms with van der Waals surface area (Å²) in [5.74, 6) is 2.08. The highest BCUT2D eigenvalue weighted by Crippen LogP contribution is 2.60. The average Bonchev–Trinajstić information content (AvgIpc) is 3.31. The first-order valence-electron chi connectivity index (χ1n) is 8.24. The minimum absolute atomic E-state index is 0.640. The van der Waals surface area contributed by atoms with Crippen molar-refractivity contribution in [1.29, 1.82) is 0 Å². The number of rotatable bonds is 9. The van der Waals surface area contributed by atoms with Gasteiger partial charge in [-0.1, -0.05) is 12.5 Å². The van der Waals surface area contributed by atoms with Gasteiger partial charge >= 0.3 is 0 Å². The molecule has 0 spiro atoms. The predicted octanol–water partition coefficient (Wildman–Crippen LogP) is 3.43. The molecule has 0 aromatic heterocycles. The summed E-state index contributed by atoms with van der Waals surface area (Å²) in [5.41, 5.74) is 0.640. The predicted molar refractivity (Wildman–Crippen MR) is 87.0 cm³/mol. The molecule has 2 saturated carbocycles. The maximum atomic E-state index is 4.43. The molecule has 3 heteroatoms. The lowest BCUT2D eigenvalue weighted by Gasteiger charge is -2.24. The van der Waals surface area contributed by atoms with E-state index in [1.165, 1.54) is 44.9 Å². The first-order chi connectivity index (χ1) is 9.72. The second-order valence-electron chi connectivity index (χ2n) is 6.60. The lowest BCUT2D eigenvalue weighted by Crippen LogP contribution is -2.42. The van der Waals surface area contributed by atoms with Crippen LogP contribution in [0.25, 0.3) is 0 Å². The van der Waals surface area contributed by atoms with Crippen molar-refractivity contribution in [2.75, 3.05) is 27.2 Å². The van der Waals surface area contributed by atoms with Gasteiger partial charge in [0.15, 0.2) is 5.96 Å². The fourth-order valence-corrected chi connectivity index (χ4v) is 3.15. The van der Waals surface area contributed by atoms with Gasteiger partial charge in [-0.05, 0) is 56.3 Å². The van der Waals surface area contributed by atoms with Gasteiger partial charge in [-0.25, -0.2) is 0 Å². The summed E-state index contributed by atoms with van der Waals surface area (Å²) in [6.07, 6.45) is 12.7. The largest absolute Gasteiger partial charge is 0.356 e. The number of allylic oxidation sites excluding steroid dienone is 1. The summed E-state index contributed by atoms with van der Waals surface area (Å²) in [6.45, 7) is 5.99. The van der Waals surface area contributed by atoms with E-state index in [0.29, 0.717) is 5.41 Å². The molecular weight excluding hydrogens is 246 g/mol. The zero-order chi connectivity index (χ0) is 14.4. The molecule has 0 bridgehead atoms. The molecule has 2 aliphatic rings. The Morgan fingerprint density at radius 3 is 2.65 bits per heavy atom. The second kappa shape index (κ2) is 7.14. The van der Waals surface area contributed by atoms with Crippen molar-refractivity contribution in [3.63, 3.8) is 0 Å². The van der Waals surface area contributed by atoms with E-state index in [-0.39, 0.29) is 0 Å². The van der Waals surface area contributed by atoms with E-state index in [2.05, 4.69) is 28.8 Å². The molecule has 0 radical (unpaired) electrons. The highest BCUT2D eigenvalue weighted by Gasteiger charge is 2.53. The average molecular weight is 277 g/mol. The molecule has 2 aliphatic carbocycles. The third-order valence-electron chi connectivity index (χ3n) is 4.91. The van der Waals surface area contributed by atoms with Crippen LogP contribution in [0, 0.1) is 11.3 Å². The molecule has 0 heterocycles. The van der Waals surface area contributed by atoms with Gasteiger partial charge in [-0.3, -0.25) is 4.99 Å². The summed E-state index contributed by atoms with van der Waals surface area (Å²) in [5, 5.41) is 3.61. The summed E-state index contributed by atoms with van der Waals surface area (Å²) < 4.78 is 0. The van der Waals surface area contributed by atoms with Gasteiger partial charge in [0, 0.05) is 27.2 Å². The van der Waals surface area contributed by atoms with Crippen LogP contribution in [0.1, 0.15) is 51.4 Å². The number of nitrogens with one attached hydrogen (secondary N) is 1. The van der Waals surface area contributed by atoms with Crippen molar-refractivity contribution in [3.8, 4) is 0 Å². The Labute approximate surface area is 124 Å². The van der Waals surface area contributed by atoms with E-state index in [9.17, 15) is 0 Å². The number of unbranched alkanes of at least 4 members (excludes halogenated alkanes) is 3. The fourth-order valence-electron chi connectivity index (χ4n) is 3.15. The van der Waals surface area contributed by atoms with E-state index in [4.69, 9.17) is 0 Å². The smallest absolute Gasteiger partial charge is 0.193 e. The van der Waals surface area contributed by atoms with Crippen molar-refractivity contribution in [3.05, 3.63) is 12.7 Å². The Bertz CT molecular complexity index is 340. The minimum atomic E-state index is 0.640. The molecule has 1 N–H and O–H groups in total. The Morgan fingerprint density at radius 1 is 1.35 bits per heavy atom. The Morgan fingerprint density at radius 2 is 2.10 bits per heavy atom. The molecule has 2 rings (SSSR count). The van der Waals surface area contributed by atoms with Crippen molar-refractivity contribution < 1.29 is 0 Å². The van der Waals surface area contributed by atoms with Crippen LogP contribution in [0.15, 0.2) is 17.6 Å². The molecule has 0 aliphatic heterocycles. The maximum Gasteiger partial charge on any atom is 0.193 e. The third-order valence-corrected chi connectivity index (χ3v) is 4.91. The molecule has 0 aromatic carbocycles. The number of guanidine groups is 1. The fraction of sp³-hybridized carbons (Fsp3) is 0.824. The van der Waals surface area contributed by atoms with Crippen LogP contribution in [0.4, 0.5) is 0 Å². The summed E-state index contributed by atoms with van der Waals surface area (Å²) in [4.78, 5) is 6.70.